The van der Waals surface area contributed by atoms with Crippen LogP contribution < -0.4 is 5.73 Å². The largest absolute Gasteiger partial charge is 0.326 e. The van der Waals surface area contributed by atoms with E-state index in [-0.39, 0.29) is 11.1 Å². The van der Waals surface area contributed by atoms with Gasteiger partial charge in [-0.15, -0.1) is 0 Å². The number of rotatable bonds is 6. The van der Waals surface area contributed by atoms with Crippen LogP contribution in [0.2, 0.25) is 0 Å². The van der Waals surface area contributed by atoms with Gasteiger partial charge in [-0.3, -0.25) is 0 Å². The van der Waals surface area contributed by atoms with E-state index in [0.717, 1.165) is 31.2 Å². The fourth-order valence-electron chi connectivity index (χ4n) is 2.17. The summed E-state index contributed by atoms with van der Waals surface area (Å²) in [5.74, 6) is 0.554. The molecule has 0 bridgehead atoms. The van der Waals surface area contributed by atoms with Crippen molar-refractivity contribution in [1.29, 1.82) is 0 Å². The molecular weight excluding hydrogens is 262 g/mol. The van der Waals surface area contributed by atoms with Crippen LogP contribution in [-0.2, 0) is 16.6 Å². The van der Waals surface area contributed by atoms with Gasteiger partial charge in [0.25, 0.3) is 10.0 Å². The lowest BCUT2D eigenvalue weighted by atomic mass is 10.3. The van der Waals surface area contributed by atoms with Crippen LogP contribution in [0.4, 0.5) is 0 Å². The molecule has 2 N–H and O–H groups in total. The number of hydrogen-bond acceptors (Lipinski definition) is 4. The first kappa shape index (κ1) is 13.0. The Balaban J connectivity index is 1.85. The maximum atomic E-state index is 12.6. The Hall–Kier alpha value is -0.980. The first-order valence-electron chi connectivity index (χ1n) is 6.78. The van der Waals surface area contributed by atoms with Crippen molar-refractivity contribution in [1.82, 2.24) is 9.29 Å². The summed E-state index contributed by atoms with van der Waals surface area (Å²) in [6.07, 6.45) is 5.81. The second-order valence-electron chi connectivity index (χ2n) is 5.46. The van der Waals surface area contributed by atoms with E-state index in [1.807, 2.05) is 0 Å². The summed E-state index contributed by atoms with van der Waals surface area (Å²) in [6, 6.07) is 3.50. The number of pyridine rings is 1. The molecule has 0 aliphatic heterocycles. The smallest absolute Gasteiger partial charge is 0.260 e. The molecule has 0 radical (unpaired) electrons. The summed E-state index contributed by atoms with van der Waals surface area (Å²) in [5.41, 5.74) is 6.35. The highest BCUT2D eigenvalue weighted by Crippen LogP contribution is 2.37. The second kappa shape index (κ2) is 4.85. The molecular formula is C13H19N3O2S. The summed E-state index contributed by atoms with van der Waals surface area (Å²) < 4.78 is 26.9. The predicted molar refractivity (Wildman–Crippen MR) is 71.8 cm³/mol. The number of aromatic nitrogens is 1. The van der Waals surface area contributed by atoms with Crippen LogP contribution in [0.1, 0.15) is 31.2 Å². The molecule has 2 saturated carbocycles. The SMILES string of the molecule is NCc1ccc(S(=O)(=O)N(CC2CC2)C2CC2)nc1. The van der Waals surface area contributed by atoms with Gasteiger partial charge in [0.05, 0.1) is 0 Å². The molecule has 0 unspecified atom stereocenters. The first-order chi connectivity index (χ1) is 9.11. The number of nitrogens with zero attached hydrogens (tertiary/aromatic N) is 2. The number of nitrogens with two attached hydrogens (primary N) is 1. The zero-order chi connectivity index (χ0) is 13.5. The zero-order valence-corrected chi connectivity index (χ0v) is 11.6. The topological polar surface area (TPSA) is 76.3 Å². The molecule has 1 aromatic heterocycles. The third kappa shape index (κ3) is 2.80. The van der Waals surface area contributed by atoms with Gasteiger partial charge in [-0.25, -0.2) is 13.4 Å². The molecule has 2 aliphatic rings. The molecule has 2 fully saturated rings. The van der Waals surface area contributed by atoms with E-state index in [1.54, 1.807) is 22.6 Å². The monoisotopic (exact) mass is 281 g/mol. The van der Waals surface area contributed by atoms with Crippen molar-refractivity contribution in [3.63, 3.8) is 0 Å². The lowest BCUT2D eigenvalue weighted by molar-refractivity contribution is 0.387. The van der Waals surface area contributed by atoms with Crippen molar-refractivity contribution in [2.45, 2.75) is 43.3 Å². The highest BCUT2D eigenvalue weighted by atomic mass is 32.2. The van der Waals surface area contributed by atoms with Crippen molar-refractivity contribution in [3.05, 3.63) is 23.9 Å². The summed E-state index contributed by atoms with van der Waals surface area (Å²) in [4.78, 5) is 4.07. The summed E-state index contributed by atoms with van der Waals surface area (Å²) >= 11 is 0. The maximum Gasteiger partial charge on any atom is 0.260 e. The Morgan fingerprint density at radius 1 is 1.26 bits per heavy atom. The summed E-state index contributed by atoms with van der Waals surface area (Å²) in [5, 5.41) is 0.150. The van der Waals surface area contributed by atoms with E-state index < -0.39 is 10.0 Å². The van der Waals surface area contributed by atoms with Gasteiger partial charge in [0.15, 0.2) is 5.03 Å². The Morgan fingerprint density at radius 3 is 2.47 bits per heavy atom. The van der Waals surface area contributed by atoms with Crippen molar-refractivity contribution in [2.75, 3.05) is 6.54 Å². The number of hydrogen-bond donors (Lipinski definition) is 1. The molecule has 1 heterocycles. The van der Waals surface area contributed by atoms with Crippen LogP contribution in [0, 0.1) is 5.92 Å². The molecule has 0 amide bonds. The van der Waals surface area contributed by atoms with Crippen LogP contribution >= 0.6 is 0 Å². The van der Waals surface area contributed by atoms with Crippen LogP contribution in [-0.4, -0.2) is 30.3 Å². The van der Waals surface area contributed by atoms with Gasteiger partial charge < -0.3 is 5.73 Å². The van der Waals surface area contributed by atoms with Crippen molar-refractivity contribution in [3.8, 4) is 0 Å². The molecule has 0 aromatic carbocycles. The number of sulfonamides is 1. The Morgan fingerprint density at radius 2 is 2.00 bits per heavy atom. The second-order valence-corrected chi connectivity index (χ2v) is 7.30. The van der Waals surface area contributed by atoms with Gasteiger partial charge in [0, 0.05) is 25.3 Å². The van der Waals surface area contributed by atoms with Crippen LogP contribution in [0.15, 0.2) is 23.4 Å². The van der Waals surface area contributed by atoms with E-state index >= 15 is 0 Å². The maximum absolute atomic E-state index is 12.6. The summed E-state index contributed by atoms with van der Waals surface area (Å²) in [7, 11) is -3.44. The van der Waals surface area contributed by atoms with E-state index in [0.29, 0.717) is 19.0 Å². The fourth-order valence-corrected chi connectivity index (χ4v) is 3.84. The Kier molecular flexibility index (Phi) is 3.32. The molecule has 0 spiro atoms. The van der Waals surface area contributed by atoms with Crippen molar-refractivity contribution in [2.24, 2.45) is 11.7 Å². The van der Waals surface area contributed by atoms with E-state index in [1.165, 1.54) is 0 Å². The highest BCUT2D eigenvalue weighted by Gasteiger charge is 2.41. The molecule has 2 aliphatic carbocycles. The zero-order valence-electron chi connectivity index (χ0n) is 10.8. The predicted octanol–water partition coefficient (Wildman–Crippen LogP) is 1.10. The average molecular weight is 281 g/mol. The minimum absolute atomic E-state index is 0.150. The van der Waals surface area contributed by atoms with Gasteiger partial charge >= 0.3 is 0 Å². The highest BCUT2D eigenvalue weighted by molar-refractivity contribution is 7.89. The molecule has 1 aromatic rings. The van der Waals surface area contributed by atoms with E-state index in [4.69, 9.17) is 5.73 Å². The quantitative estimate of drug-likeness (QED) is 0.847. The molecule has 5 nitrogen and oxygen atoms in total. The van der Waals surface area contributed by atoms with Crippen molar-refractivity contribution < 1.29 is 8.42 Å². The van der Waals surface area contributed by atoms with Gasteiger partial charge in [-0.05, 0) is 43.2 Å². The van der Waals surface area contributed by atoms with E-state index in [9.17, 15) is 8.42 Å². The van der Waals surface area contributed by atoms with Gasteiger partial charge in [0.2, 0.25) is 0 Å². The minimum atomic E-state index is -3.44. The normalized spacial score (nSPS) is 19.9. The average Bonchev–Trinajstić information content (AvgIpc) is 3.28. The van der Waals surface area contributed by atoms with Crippen LogP contribution in [0.3, 0.4) is 0 Å². The molecule has 3 rings (SSSR count). The molecule has 6 heteroatoms. The van der Waals surface area contributed by atoms with Crippen LogP contribution in [0.25, 0.3) is 0 Å². The van der Waals surface area contributed by atoms with Gasteiger partial charge in [-0.1, -0.05) is 6.07 Å². The third-order valence-corrected chi connectivity index (χ3v) is 5.53. The first-order valence-corrected chi connectivity index (χ1v) is 8.22. The molecule has 0 saturated heterocycles. The Bertz CT molecular complexity index is 548. The minimum Gasteiger partial charge on any atom is -0.326 e. The third-order valence-electron chi connectivity index (χ3n) is 3.70. The standard InChI is InChI=1S/C13H19N3O2S/c14-7-11-3-6-13(15-8-11)19(17,18)16(12-4-5-12)9-10-1-2-10/h3,6,8,10,12H,1-2,4-5,7,9,14H2. The molecule has 104 valence electrons. The summed E-state index contributed by atoms with van der Waals surface area (Å²) in [6.45, 7) is 1.04. The molecule has 19 heavy (non-hydrogen) atoms. The lowest BCUT2D eigenvalue weighted by Crippen LogP contribution is -2.35. The fraction of sp³-hybridized carbons (Fsp3) is 0.615. The van der Waals surface area contributed by atoms with Gasteiger partial charge in [0.1, 0.15) is 0 Å². The van der Waals surface area contributed by atoms with Gasteiger partial charge in [-0.2, -0.15) is 4.31 Å². The lowest BCUT2D eigenvalue weighted by Gasteiger charge is -2.21. The Labute approximate surface area is 113 Å². The van der Waals surface area contributed by atoms with Crippen molar-refractivity contribution >= 4 is 10.0 Å². The molecule has 0 atom stereocenters. The van der Waals surface area contributed by atoms with E-state index in [2.05, 4.69) is 4.98 Å². The van der Waals surface area contributed by atoms with Crippen LogP contribution in [0.5, 0.6) is 0 Å².